The van der Waals surface area contributed by atoms with Gasteiger partial charge in [0.15, 0.2) is 0 Å². The van der Waals surface area contributed by atoms with Gasteiger partial charge in [-0.15, -0.1) is 0 Å². The average molecular weight is 324 g/mol. The summed E-state index contributed by atoms with van der Waals surface area (Å²) in [7, 11) is 1.96. The van der Waals surface area contributed by atoms with Gasteiger partial charge in [0, 0.05) is 37.6 Å². The highest BCUT2D eigenvalue weighted by Gasteiger charge is 2.27. The summed E-state index contributed by atoms with van der Waals surface area (Å²) in [6, 6.07) is 7.92. The van der Waals surface area contributed by atoms with Gasteiger partial charge in [0.05, 0.1) is 23.8 Å². The second-order valence-electron chi connectivity index (χ2n) is 6.25. The van der Waals surface area contributed by atoms with Crippen LogP contribution in [0.4, 0.5) is 0 Å². The normalized spacial score (nSPS) is 21.0. The Labute approximate surface area is 140 Å². The van der Waals surface area contributed by atoms with Crippen molar-refractivity contribution in [1.82, 2.24) is 19.3 Å². The highest BCUT2D eigenvalue weighted by Crippen LogP contribution is 2.27. The number of rotatable bonds is 3. The Morgan fingerprint density at radius 2 is 2.33 bits per heavy atom. The van der Waals surface area contributed by atoms with Crippen molar-refractivity contribution in [1.29, 1.82) is 0 Å². The van der Waals surface area contributed by atoms with Crippen molar-refractivity contribution in [3.8, 4) is 0 Å². The number of nitrogens with zero attached hydrogens (tertiary/aromatic N) is 3. The zero-order chi connectivity index (χ0) is 16.5. The number of pyridine rings is 1. The summed E-state index contributed by atoms with van der Waals surface area (Å²) >= 11 is 0. The Morgan fingerprint density at radius 3 is 3.12 bits per heavy atom. The molecule has 1 saturated heterocycles. The van der Waals surface area contributed by atoms with Crippen molar-refractivity contribution in [2.75, 3.05) is 6.61 Å². The van der Waals surface area contributed by atoms with Crippen molar-refractivity contribution < 1.29 is 9.53 Å². The number of carbonyl (C=O) groups excluding carboxylic acids is 1. The third kappa shape index (κ3) is 2.80. The number of aromatic nitrogens is 3. The van der Waals surface area contributed by atoms with Gasteiger partial charge in [0.25, 0.3) is 5.91 Å². The zero-order valence-corrected chi connectivity index (χ0v) is 13.6. The second kappa shape index (κ2) is 6.13. The molecule has 4 rings (SSSR count). The lowest BCUT2D eigenvalue weighted by Gasteiger charge is -2.30. The molecule has 0 bridgehead atoms. The van der Waals surface area contributed by atoms with Gasteiger partial charge >= 0.3 is 0 Å². The molecule has 0 spiro atoms. The molecule has 24 heavy (non-hydrogen) atoms. The van der Waals surface area contributed by atoms with Crippen LogP contribution in [0.15, 0.2) is 49.2 Å². The highest BCUT2D eigenvalue weighted by molar-refractivity contribution is 5.95. The molecule has 124 valence electrons. The smallest absolute Gasteiger partial charge is 0.253 e. The Kier molecular flexibility index (Phi) is 3.82. The lowest BCUT2D eigenvalue weighted by atomic mass is 10.0. The first kappa shape index (κ1) is 15.0. The lowest BCUT2D eigenvalue weighted by molar-refractivity contribution is -0.00301. The number of carbonyl (C=O) groups is 1. The van der Waals surface area contributed by atoms with Crippen LogP contribution in [0.25, 0.3) is 5.52 Å². The fourth-order valence-electron chi connectivity index (χ4n) is 3.26. The molecule has 1 fully saturated rings. The maximum Gasteiger partial charge on any atom is 0.253 e. The Balaban J connectivity index is 1.46. The minimum Gasteiger partial charge on any atom is -0.372 e. The van der Waals surface area contributed by atoms with Gasteiger partial charge in [0.1, 0.15) is 6.10 Å². The third-order valence-corrected chi connectivity index (χ3v) is 4.57. The van der Waals surface area contributed by atoms with Crippen LogP contribution in [0, 0.1) is 0 Å². The first-order valence-corrected chi connectivity index (χ1v) is 8.16. The molecular weight excluding hydrogens is 304 g/mol. The molecule has 2 atom stereocenters. The summed E-state index contributed by atoms with van der Waals surface area (Å²) in [6.45, 7) is 0.637. The van der Waals surface area contributed by atoms with E-state index >= 15 is 0 Å². The number of amides is 1. The van der Waals surface area contributed by atoms with Crippen LogP contribution < -0.4 is 5.32 Å². The van der Waals surface area contributed by atoms with E-state index < -0.39 is 0 Å². The topological polar surface area (TPSA) is 60.6 Å². The van der Waals surface area contributed by atoms with Crippen molar-refractivity contribution in [3.63, 3.8) is 0 Å². The number of fused-ring (bicyclic) bond motifs is 1. The summed E-state index contributed by atoms with van der Waals surface area (Å²) in [4.78, 5) is 16.7. The first-order valence-electron chi connectivity index (χ1n) is 8.16. The van der Waals surface area contributed by atoms with E-state index in [0.717, 1.165) is 24.1 Å². The van der Waals surface area contributed by atoms with E-state index in [4.69, 9.17) is 4.74 Å². The molecule has 1 N–H and O–H groups in total. The van der Waals surface area contributed by atoms with Crippen molar-refractivity contribution >= 4 is 11.4 Å². The number of ether oxygens (including phenoxy) is 1. The van der Waals surface area contributed by atoms with Crippen LogP contribution in [-0.4, -0.2) is 32.5 Å². The van der Waals surface area contributed by atoms with Gasteiger partial charge in [-0.25, -0.2) is 4.98 Å². The molecule has 0 saturated carbocycles. The summed E-state index contributed by atoms with van der Waals surface area (Å²) in [5.74, 6) is -0.0330. The minimum atomic E-state index is -0.0330. The van der Waals surface area contributed by atoms with Gasteiger partial charge in [-0.05, 0) is 31.0 Å². The van der Waals surface area contributed by atoms with E-state index in [1.54, 1.807) is 6.33 Å². The van der Waals surface area contributed by atoms with E-state index in [2.05, 4.69) is 10.3 Å². The van der Waals surface area contributed by atoms with Crippen LogP contribution in [-0.2, 0) is 11.8 Å². The predicted octanol–water partition coefficient (Wildman–Crippen LogP) is 2.32. The van der Waals surface area contributed by atoms with E-state index in [0.29, 0.717) is 12.2 Å². The molecular formula is C18H20N4O2. The minimum absolute atomic E-state index is 0.0235. The Morgan fingerprint density at radius 1 is 1.42 bits per heavy atom. The molecule has 6 nitrogen and oxygen atoms in total. The van der Waals surface area contributed by atoms with Crippen LogP contribution in [0.5, 0.6) is 0 Å². The van der Waals surface area contributed by atoms with Crippen LogP contribution >= 0.6 is 0 Å². The summed E-state index contributed by atoms with van der Waals surface area (Å²) in [5, 5.41) is 3.15. The van der Waals surface area contributed by atoms with Gasteiger partial charge in [-0.1, -0.05) is 6.07 Å². The maximum atomic E-state index is 12.6. The fraction of sp³-hybridized carbons (Fsp3) is 0.333. The number of hydrogen-bond acceptors (Lipinski definition) is 3. The molecule has 1 aliphatic rings. The first-order chi connectivity index (χ1) is 11.7. The molecule has 3 aromatic rings. The molecule has 1 amide bonds. The van der Waals surface area contributed by atoms with E-state index in [1.807, 2.05) is 58.9 Å². The second-order valence-corrected chi connectivity index (χ2v) is 6.25. The van der Waals surface area contributed by atoms with Gasteiger partial charge in [-0.3, -0.25) is 4.79 Å². The highest BCUT2D eigenvalue weighted by atomic mass is 16.5. The van der Waals surface area contributed by atoms with Crippen LogP contribution in [0.1, 0.15) is 35.0 Å². The van der Waals surface area contributed by atoms with Crippen molar-refractivity contribution in [2.45, 2.75) is 25.0 Å². The molecule has 1 aliphatic heterocycles. The standard InChI is InChI=1S/C18H20N4O2/c1-21-12-19-10-16(21)17-9-14(5-7-24-17)20-18(23)13-8-15-4-2-3-6-22(15)11-13/h2-4,6,8,10-12,14,17H,5,7,9H2,1H3,(H,20,23)/t14-,17-/m0/s1. The van der Waals surface area contributed by atoms with E-state index in [9.17, 15) is 4.79 Å². The Hall–Kier alpha value is -2.60. The van der Waals surface area contributed by atoms with Gasteiger partial charge < -0.3 is 19.0 Å². The van der Waals surface area contributed by atoms with Crippen LogP contribution in [0.2, 0.25) is 0 Å². The van der Waals surface area contributed by atoms with Crippen molar-refractivity contribution in [3.05, 3.63) is 60.4 Å². The molecule has 0 aromatic carbocycles. The summed E-state index contributed by atoms with van der Waals surface area (Å²) in [5.41, 5.74) is 2.75. The molecule has 3 aromatic heterocycles. The predicted molar refractivity (Wildman–Crippen MR) is 89.8 cm³/mol. The summed E-state index contributed by atoms with van der Waals surface area (Å²) < 4.78 is 9.78. The lowest BCUT2D eigenvalue weighted by Crippen LogP contribution is -2.40. The zero-order valence-electron chi connectivity index (χ0n) is 13.6. The molecule has 0 unspecified atom stereocenters. The maximum absolute atomic E-state index is 12.6. The Bertz CT molecular complexity index is 834. The number of hydrogen-bond donors (Lipinski definition) is 1. The van der Waals surface area contributed by atoms with Crippen LogP contribution in [0.3, 0.4) is 0 Å². The monoisotopic (exact) mass is 324 g/mol. The average Bonchev–Trinajstić information content (AvgIpc) is 3.21. The molecule has 0 radical (unpaired) electrons. The molecule has 0 aliphatic carbocycles. The number of imidazole rings is 1. The number of nitrogens with one attached hydrogen (secondary N) is 1. The fourth-order valence-corrected chi connectivity index (χ4v) is 3.26. The quantitative estimate of drug-likeness (QED) is 0.804. The molecule has 6 heteroatoms. The largest absolute Gasteiger partial charge is 0.372 e. The summed E-state index contributed by atoms with van der Waals surface area (Å²) in [6.07, 6.45) is 8.97. The van der Waals surface area contributed by atoms with E-state index in [1.165, 1.54) is 0 Å². The molecule has 4 heterocycles. The van der Waals surface area contributed by atoms with Gasteiger partial charge in [0.2, 0.25) is 0 Å². The van der Waals surface area contributed by atoms with Gasteiger partial charge in [-0.2, -0.15) is 0 Å². The third-order valence-electron chi connectivity index (χ3n) is 4.57. The van der Waals surface area contributed by atoms with E-state index in [-0.39, 0.29) is 18.1 Å². The van der Waals surface area contributed by atoms with Crippen molar-refractivity contribution in [2.24, 2.45) is 7.05 Å². The SMILES string of the molecule is Cn1cncc1[C@@H]1C[C@@H](NC(=O)c2cc3ccccn3c2)CCO1. The number of aryl methyl sites for hydroxylation is 1.